The summed E-state index contributed by atoms with van der Waals surface area (Å²) < 4.78 is 13.8. The van der Waals surface area contributed by atoms with Gasteiger partial charge in [-0.3, -0.25) is 0 Å². The molecule has 0 bridgehead atoms. The van der Waals surface area contributed by atoms with E-state index in [1.807, 2.05) is 11.8 Å². The van der Waals surface area contributed by atoms with Gasteiger partial charge in [0.1, 0.15) is 5.82 Å². The number of urea groups is 1. The molecule has 0 saturated carbocycles. The first-order valence-corrected chi connectivity index (χ1v) is 8.03. The summed E-state index contributed by atoms with van der Waals surface area (Å²) in [5.41, 5.74) is 0.468. The molecule has 1 aliphatic heterocycles. The molecule has 1 aliphatic rings. The van der Waals surface area contributed by atoms with E-state index in [1.165, 1.54) is 12.1 Å². The summed E-state index contributed by atoms with van der Waals surface area (Å²) in [6.45, 7) is 3.65. The standard InChI is InChI=1S/C13H16BrFN2OS/c1-9-4-5-17(6-7-19-9)13(18)16-12-8-10(15)2-3-11(12)14/h2-3,8-9H,4-7H2,1H3,(H,16,18)/t9-/m0/s1. The van der Waals surface area contributed by atoms with Gasteiger partial charge < -0.3 is 10.2 Å². The molecule has 3 nitrogen and oxygen atoms in total. The molecule has 1 N–H and O–H groups in total. The van der Waals surface area contributed by atoms with Crippen molar-refractivity contribution in [3.63, 3.8) is 0 Å². The molecule has 2 rings (SSSR count). The predicted octanol–water partition coefficient (Wildman–Crippen LogP) is 3.95. The monoisotopic (exact) mass is 346 g/mol. The largest absolute Gasteiger partial charge is 0.324 e. The average molecular weight is 347 g/mol. The summed E-state index contributed by atoms with van der Waals surface area (Å²) in [5.74, 6) is 0.581. The lowest BCUT2D eigenvalue weighted by Crippen LogP contribution is -2.36. The Kier molecular flexibility index (Phi) is 5.10. The molecule has 0 aliphatic carbocycles. The van der Waals surface area contributed by atoms with Crippen LogP contribution in [-0.2, 0) is 0 Å². The number of halogens is 2. The van der Waals surface area contributed by atoms with Crippen LogP contribution in [0.1, 0.15) is 13.3 Å². The number of hydrogen-bond acceptors (Lipinski definition) is 2. The van der Waals surface area contributed by atoms with Crippen LogP contribution in [0, 0.1) is 5.82 Å². The molecular formula is C13H16BrFN2OS. The number of benzene rings is 1. The van der Waals surface area contributed by atoms with Gasteiger partial charge in [0.05, 0.1) is 5.69 Å². The Hall–Kier alpha value is -0.750. The van der Waals surface area contributed by atoms with Gasteiger partial charge in [-0.1, -0.05) is 6.92 Å². The normalized spacial score (nSPS) is 19.9. The van der Waals surface area contributed by atoms with Crippen molar-refractivity contribution in [3.8, 4) is 0 Å². The van der Waals surface area contributed by atoms with E-state index >= 15 is 0 Å². The van der Waals surface area contributed by atoms with Gasteiger partial charge in [0.15, 0.2) is 0 Å². The summed E-state index contributed by atoms with van der Waals surface area (Å²) in [7, 11) is 0. The number of carbonyl (C=O) groups excluding carboxylic acids is 1. The Bertz CT molecular complexity index is 472. The van der Waals surface area contributed by atoms with Gasteiger partial charge in [0.25, 0.3) is 0 Å². The van der Waals surface area contributed by atoms with Crippen molar-refractivity contribution >= 4 is 39.4 Å². The van der Waals surface area contributed by atoms with Crippen molar-refractivity contribution in [1.29, 1.82) is 0 Å². The Morgan fingerprint density at radius 2 is 2.32 bits per heavy atom. The quantitative estimate of drug-likeness (QED) is 0.834. The number of amides is 2. The molecular weight excluding hydrogens is 331 g/mol. The van der Waals surface area contributed by atoms with E-state index in [4.69, 9.17) is 0 Å². The molecule has 6 heteroatoms. The second kappa shape index (κ2) is 6.61. The van der Waals surface area contributed by atoms with Crippen molar-refractivity contribution in [2.75, 3.05) is 24.2 Å². The van der Waals surface area contributed by atoms with E-state index in [0.29, 0.717) is 15.4 Å². The fourth-order valence-corrected chi connectivity index (χ4v) is 3.23. The Labute approximate surface area is 125 Å². The van der Waals surface area contributed by atoms with Crippen molar-refractivity contribution < 1.29 is 9.18 Å². The van der Waals surface area contributed by atoms with Gasteiger partial charge in [0, 0.05) is 28.6 Å². The molecule has 2 amide bonds. The highest BCUT2D eigenvalue weighted by molar-refractivity contribution is 9.10. The van der Waals surface area contributed by atoms with E-state index < -0.39 is 0 Å². The number of carbonyl (C=O) groups is 1. The van der Waals surface area contributed by atoms with Crippen LogP contribution in [0.5, 0.6) is 0 Å². The lowest BCUT2D eigenvalue weighted by Gasteiger charge is -2.21. The number of rotatable bonds is 1. The Morgan fingerprint density at radius 1 is 1.53 bits per heavy atom. The fraction of sp³-hybridized carbons (Fsp3) is 0.462. The molecule has 19 heavy (non-hydrogen) atoms. The van der Waals surface area contributed by atoms with E-state index in [0.717, 1.165) is 25.3 Å². The molecule has 0 unspecified atom stereocenters. The van der Waals surface area contributed by atoms with E-state index in [9.17, 15) is 9.18 Å². The third kappa shape index (κ3) is 4.11. The highest BCUT2D eigenvalue weighted by atomic mass is 79.9. The van der Waals surface area contributed by atoms with Gasteiger partial charge in [-0.25, -0.2) is 9.18 Å². The minimum absolute atomic E-state index is 0.166. The first-order valence-electron chi connectivity index (χ1n) is 6.19. The predicted molar refractivity (Wildman–Crippen MR) is 81.2 cm³/mol. The highest BCUT2D eigenvalue weighted by Crippen LogP contribution is 2.24. The molecule has 104 valence electrons. The van der Waals surface area contributed by atoms with Crippen molar-refractivity contribution in [1.82, 2.24) is 4.90 Å². The second-order valence-electron chi connectivity index (χ2n) is 4.51. The lowest BCUT2D eigenvalue weighted by atomic mass is 10.3. The molecule has 0 radical (unpaired) electrons. The molecule has 1 saturated heterocycles. The number of thioether (sulfide) groups is 1. The van der Waals surface area contributed by atoms with E-state index in [1.54, 1.807) is 11.0 Å². The van der Waals surface area contributed by atoms with Crippen LogP contribution in [-0.4, -0.2) is 35.0 Å². The van der Waals surface area contributed by atoms with Crippen molar-refractivity contribution in [2.24, 2.45) is 0 Å². The lowest BCUT2D eigenvalue weighted by molar-refractivity contribution is 0.215. The SMILES string of the molecule is C[C@H]1CCN(C(=O)Nc2cc(F)ccc2Br)CCS1. The second-order valence-corrected chi connectivity index (χ2v) is 6.91. The fourth-order valence-electron chi connectivity index (χ4n) is 1.89. The smallest absolute Gasteiger partial charge is 0.321 e. The number of anilines is 1. The molecule has 1 atom stereocenters. The molecule has 0 aromatic heterocycles. The zero-order valence-electron chi connectivity index (χ0n) is 10.7. The van der Waals surface area contributed by atoms with Crippen LogP contribution in [0.25, 0.3) is 0 Å². The third-order valence-electron chi connectivity index (χ3n) is 3.03. The average Bonchev–Trinajstić information content (AvgIpc) is 2.59. The first kappa shape index (κ1) is 14.7. The summed E-state index contributed by atoms with van der Waals surface area (Å²) in [4.78, 5) is 13.9. The maximum atomic E-state index is 13.2. The zero-order chi connectivity index (χ0) is 13.8. The van der Waals surface area contributed by atoms with Gasteiger partial charge in [-0.15, -0.1) is 0 Å². The number of hydrogen-bond donors (Lipinski definition) is 1. The van der Waals surface area contributed by atoms with Gasteiger partial charge in [-0.2, -0.15) is 11.8 Å². The van der Waals surface area contributed by atoms with Crippen molar-refractivity contribution in [3.05, 3.63) is 28.5 Å². The summed E-state index contributed by atoms with van der Waals surface area (Å²) in [6, 6.07) is 4.09. The molecule has 1 aromatic carbocycles. The molecule has 1 fully saturated rings. The van der Waals surface area contributed by atoms with Crippen LogP contribution in [0.4, 0.5) is 14.9 Å². The number of nitrogens with one attached hydrogen (secondary N) is 1. The van der Waals surface area contributed by atoms with Crippen molar-refractivity contribution in [2.45, 2.75) is 18.6 Å². The zero-order valence-corrected chi connectivity index (χ0v) is 13.1. The first-order chi connectivity index (χ1) is 9.06. The van der Waals surface area contributed by atoms with Crippen LogP contribution < -0.4 is 5.32 Å². The Morgan fingerprint density at radius 3 is 3.11 bits per heavy atom. The maximum absolute atomic E-state index is 13.2. The Balaban J connectivity index is 2.02. The summed E-state index contributed by atoms with van der Waals surface area (Å²) >= 11 is 5.18. The maximum Gasteiger partial charge on any atom is 0.321 e. The molecule has 1 aromatic rings. The summed E-state index contributed by atoms with van der Waals surface area (Å²) in [6.07, 6.45) is 0.988. The van der Waals surface area contributed by atoms with Gasteiger partial charge >= 0.3 is 6.03 Å². The molecule has 0 spiro atoms. The highest BCUT2D eigenvalue weighted by Gasteiger charge is 2.19. The van der Waals surface area contributed by atoms with Gasteiger partial charge in [-0.05, 0) is 40.5 Å². The molecule has 1 heterocycles. The van der Waals surface area contributed by atoms with Crippen LogP contribution in [0.3, 0.4) is 0 Å². The van der Waals surface area contributed by atoms with Crippen LogP contribution in [0.15, 0.2) is 22.7 Å². The summed E-state index contributed by atoms with van der Waals surface area (Å²) in [5, 5.41) is 3.34. The number of nitrogens with zero attached hydrogens (tertiary/aromatic N) is 1. The van der Waals surface area contributed by atoms with E-state index in [2.05, 4.69) is 28.2 Å². The minimum Gasteiger partial charge on any atom is -0.324 e. The van der Waals surface area contributed by atoms with E-state index in [-0.39, 0.29) is 11.8 Å². The third-order valence-corrected chi connectivity index (χ3v) is 4.94. The van der Waals surface area contributed by atoms with Gasteiger partial charge in [0.2, 0.25) is 0 Å². The topological polar surface area (TPSA) is 32.3 Å². The van der Waals surface area contributed by atoms with Crippen LogP contribution >= 0.6 is 27.7 Å². The minimum atomic E-state index is -0.362. The van der Waals surface area contributed by atoms with Crippen LogP contribution in [0.2, 0.25) is 0 Å².